The number of fused-ring (bicyclic) bond motifs is 3. The highest BCUT2D eigenvalue weighted by Gasteiger charge is 2.27. The molecule has 38 heavy (non-hydrogen) atoms. The number of halogens is 2. The quantitative estimate of drug-likeness (QED) is 0.317. The highest BCUT2D eigenvalue weighted by molar-refractivity contribution is 5.99. The molecule has 0 fully saturated rings. The second-order valence-electron chi connectivity index (χ2n) is 9.31. The van der Waals surface area contributed by atoms with E-state index in [0.717, 1.165) is 52.5 Å². The van der Waals surface area contributed by atoms with E-state index in [1.807, 2.05) is 36.4 Å². The maximum atomic E-state index is 14.9. The van der Waals surface area contributed by atoms with Gasteiger partial charge in [0.25, 0.3) is 0 Å². The Bertz CT molecular complexity index is 1780. The highest BCUT2D eigenvalue weighted by atomic mass is 19.2. The summed E-state index contributed by atoms with van der Waals surface area (Å²) in [4.78, 5) is 19.0. The van der Waals surface area contributed by atoms with E-state index in [-0.39, 0.29) is 18.2 Å². The Balaban J connectivity index is 1.50. The van der Waals surface area contributed by atoms with Crippen LogP contribution in [0.1, 0.15) is 54.2 Å². The Hall–Kier alpha value is -4.53. The number of benzene rings is 3. The molecule has 5 aromatic rings. The van der Waals surface area contributed by atoms with Crippen LogP contribution >= 0.6 is 0 Å². The first-order valence-corrected chi connectivity index (χ1v) is 12.4. The number of para-hydroxylation sites is 2. The Kier molecular flexibility index (Phi) is 5.90. The first-order chi connectivity index (χ1) is 18.4. The molecule has 0 saturated heterocycles. The fraction of sp³-hybridized carbons (Fsp3) is 0.207. The molecule has 0 unspecified atom stereocenters. The van der Waals surface area contributed by atoms with Gasteiger partial charge in [0.15, 0.2) is 17.4 Å². The van der Waals surface area contributed by atoms with E-state index in [9.17, 15) is 13.6 Å². The zero-order valence-corrected chi connectivity index (χ0v) is 20.8. The summed E-state index contributed by atoms with van der Waals surface area (Å²) in [7, 11) is 0. The third-order valence-corrected chi connectivity index (χ3v) is 6.85. The van der Waals surface area contributed by atoms with E-state index in [1.165, 1.54) is 6.07 Å². The summed E-state index contributed by atoms with van der Waals surface area (Å²) in [5.74, 6) is -1.75. The van der Waals surface area contributed by atoms with Crippen LogP contribution in [0.25, 0.3) is 22.2 Å². The van der Waals surface area contributed by atoms with Crippen molar-refractivity contribution in [1.29, 1.82) is 0 Å². The molecule has 1 aliphatic heterocycles. The molecule has 7 nitrogen and oxygen atoms in total. The topological polar surface area (TPSA) is 85.9 Å². The molecule has 1 N–H and O–H groups in total. The van der Waals surface area contributed by atoms with Crippen LogP contribution in [0.2, 0.25) is 0 Å². The van der Waals surface area contributed by atoms with Gasteiger partial charge in [-0.1, -0.05) is 36.3 Å². The van der Waals surface area contributed by atoms with Crippen molar-refractivity contribution in [3.63, 3.8) is 0 Å². The minimum atomic E-state index is -1.07. The van der Waals surface area contributed by atoms with Crippen molar-refractivity contribution < 1.29 is 18.0 Å². The largest absolute Gasteiger partial charge is 0.485 e. The first kappa shape index (κ1) is 23.8. The lowest BCUT2D eigenvalue weighted by atomic mass is 9.89. The second-order valence-corrected chi connectivity index (χ2v) is 9.31. The zero-order valence-electron chi connectivity index (χ0n) is 20.8. The van der Waals surface area contributed by atoms with Gasteiger partial charge in [0.05, 0.1) is 11.0 Å². The van der Waals surface area contributed by atoms with Crippen LogP contribution in [0.4, 0.5) is 8.78 Å². The number of H-pyrrole nitrogens is 1. The number of hydrogen-bond donors (Lipinski definition) is 1. The summed E-state index contributed by atoms with van der Waals surface area (Å²) in [6, 6.07) is 16.6. The van der Waals surface area contributed by atoms with Gasteiger partial charge >= 0.3 is 5.76 Å². The molecule has 0 radical (unpaired) electrons. The third-order valence-electron chi connectivity index (χ3n) is 6.85. The number of hydrogen-bond acceptors (Lipinski definition) is 5. The normalized spacial score (nSPS) is 14.1. The van der Waals surface area contributed by atoms with Gasteiger partial charge in [-0.25, -0.2) is 14.2 Å². The fourth-order valence-corrected chi connectivity index (χ4v) is 5.09. The SMILES string of the molecule is CCCc1nc2ccccc2n1Cc1ccc2c(c1)COc1c(ccc(F)c1F)/C2=C(/C)c1noc(=O)[nH]1. The lowest BCUT2D eigenvalue weighted by molar-refractivity contribution is 0.285. The standard InChI is InChI=1S/C29H24F2N4O3/c1-3-6-24-32-22-7-4-5-8-23(22)35(24)14-17-9-10-19-18(13-17)15-37-27-20(11-12-21(30)26(27)31)25(19)16(2)28-33-29(36)38-34-28/h4-5,7-13H,3,6,14-15H2,1-2H3,(H,33,34,36)/b25-16-. The van der Waals surface area contributed by atoms with Gasteiger partial charge in [-0.05, 0) is 65.9 Å². The summed E-state index contributed by atoms with van der Waals surface area (Å²) in [6.45, 7) is 4.50. The van der Waals surface area contributed by atoms with Crippen molar-refractivity contribution in [2.75, 3.05) is 0 Å². The number of aryl methyl sites for hydroxylation is 1. The molecule has 3 heterocycles. The van der Waals surface area contributed by atoms with Crippen LogP contribution in [0.15, 0.2) is 63.9 Å². The molecule has 0 aliphatic carbocycles. The zero-order chi connectivity index (χ0) is 26.4. The Morgan fingerprint density at radius 2 is 1.92 bits per heavy atom. The smallest absolute Gasteiger partial charge is 0.439 e. The van der Waals surface area contributed by atoms with Crippen molar-refractivity contribution in [2.45, 2.75) is 39.8 Å². The second kappa shape index (κ2) is 9.41. The van der Waals surface area contributed by atoms with E-state index in [0.29, 0.717) is 23.3 Å². The van der Waals surface area contributed by atoms with Gasteiger partial charge in [0.2, 0.25) is 5.82 Å². The van der Waals surface area contributed by atoms with Crippen molar-refractivity contribution in [2.24, 2.45) is 0 Å². The average molecular weight is 515 g/mol. The number of nitrogens with zero attached hydrogens (tertiary/aromatic N) is 3. The molecule has 0 amide bonds. The fourth-order valence-electron chi connectivity index (χ4n) is 5.09. The summed E-state index contributed by atoms with van der Waals surface area (Å²) >= 11 is 0. The number of aromatic nitrogens is 4. The first-order valence-electron chi connectivity index (χ1n) is 12.4. The van der Waals surface area contributed by atoms with Gasteiger partial charge in [-0.3, -0.25) is 9.51 Å². The van der Waals surface area contributed by atoms with Crippen LogP contribution in [0.5, 0.6) is 5.75 Å². The molecule has 192 valence electrons. The summed E-state index contributed by atoms with van der Waals surface area (Å²) in [6.07, 6.45) is 1.82. The Labute approximate surface area is 216 Å². The minimum Gasteiger partial charge on any atom is -0.485 e. The van der Waals surface area contributed by atoms with Crippen LogP contribution in [0.3, 0.4) is 0 Å². The summed E-state index contributed by atoms with van der Waals surface area (Å²) < 4.78 is 41.8. The van der Waals surface area contributed by atoms with Crippen LogP contribution in [-0.2, 0) is 19.6 Å². The minimum absolute atomic E-state index is 0.0369. The van der Waals surface area contributed by atoms with E-state index in [2.05, 4.69) is 27.7 Å². The lowest BCUT2D eigenvalue weighted by Crippen LogP contribution is -2.07. The molecule has 0 bridgehead atoms. The maximum absolute atomic E-state index is 14.9. The molecule has 3 aromatic carbocycles. The molecule has 2 aromatic heterocycles. The molecule has 1 aliphatic rings. The Morgan fingerprint density at radius 1 is 1.11 bits per heavy atom. The number of imidazole rings is 1. The predicted octanol–water partition coefficient (Wildman–Crippen LogP) is 5.86. The van der Waals surface area contributed by atoms with Crippen molar-refractivity contribution in [1.82, 2.24) is 19.7 Å². The molecule has 6 rings (SSSR count). The van der Waals surface area contributed by atoms with Crippen molar-refractivity contribution in [3.8, 4) is 5.75 Å². The highest BCUT2D eigenvalue weighted by Crippen LogP contribution is 2.42. The molecule has 9 heteroatoms. The van der Waals surface area contributed by atoms with Gasteiger partial charge in [0, 0.05) is 24.1 Å². The average Bonchev–Trinajstić information content (AvgIpc) is 3.45. The van der Waals surface area contributed by atoms with Crippen molar-refractivity contribution >= 4 is 22.2 Å². The van der Waals surface area contributed by atoms with E-state index in [1.54, 1.807) is 6.92 Å². The van der Waals surface area contributed by atoms with Crippen LogP contribution in [-0.4, -0.2) is 19.7 Å². The van der Waals surface area contributed by atoms with Gasteiger partial charge < -0.3 is 9.30 Å². The van der Waals surface area contributed by atoms with Crippen LogP contribution < -0.4 is 10.5 Å². The van der Waals surface area contributed by atoms with E-state index < -0.39 is 17.4 Å². The van der Waals surface area contributed by atoms with Gasteiger partial charge in [-0.2, -0.15) is 4.39 Å². The number of allylic oxidation sites excluding steroid dienone is 1. The molecule has 0 atom stereocenters. The van der Waals surface area contributed by atoms with E-state index in [4.69, 9.17) is 14.2 Å². The number of ether oxygens (including phenoxy) is 1. The van der Waals surface area contributed by atoms with Crippen LogP contribution in [0, 0.1) is 11.6 Å². The molecule has 0 spiro atoms. The number of nitrogens with one attached hydrogen (secondary N) is 1. The maximum Gasteiger partial charge on any atom is 0.439 e. The third kappa shape index (κ3) is 4.00. The monoisotopic (exact) mass is 514 g/mol. The predicted molar refractivity (Wildman–Crippen MR) is 139 cm³/mol. The summed E-state index contributed by atoms with van der Waals surface area (Å²) in [5, 5.41) is 3.81. The molecule has 0 saturated carbocycles. The lowest BCUT2D eigenvalue weighted by Gasteiger charge is -2.15. The summed E-state index contributed by atoms with van der Waals surface area (Å²) in [5.41, 5.74) is 6.04. The molecular weight excluding hydrogens is 490 g/mol. The van der Waals surface area contributed by atoms with Gasteiger partial charge in [0.1, 0.15) is 12.4 Å². The Morgan fingerprint density at radius 3 is 2.71 bits per heavy atom. The van der Waals surface area contributed by atoms with Gasteiger partial charge in [-0.15, -0.1) is 0 Å². The van der Waals surface area contributed by atoms with Crippen molar-refractivity contribution in [3.05, 3.63) is 111 Å². The number of aromatic amines is 1. The number of rotatable bonds is 5. The van der Waals surface area contributed by atoms with E-state index >= 15 is 0 Å². The molecular formula is C29H24F2N4O3.